The van der Waals surface area contributed by atoms with Crippen LogP contribution in [0.2, 0.25) is 0 Å². The summed E-state index contributed by atoms with van der Waals surface area (Å²) in [5, 5.41) is 13.9. The first kappa shape index (κ1) is 15.2. The Morgan fingerprint density at radius 2 is 1.61 bits per heavy atom. The van der Waals surface area contributed by atoms with Gasteiger partial charge < -0.3 is 9.63 Å². The number of aromatic nitrogens is 2. The summed E-state index contributed by atoms with van der Waals surface area (Å²) in [6.07, 6.45) is -5.47. The molecule has 0 aliphatic carbocycles. The van der Waals surface area contributed by atoms with E-state index in [0.29, 0.717) is 11.1 Å². The lowest BCUT2D eigenvalue weighted by Crippen LogP contribution is -2.04. The smallest absolute Gasteiger partial charge is 0.380 e. The Kier molecular flexibility index (Phi) is 3.87. The molecule has 0 aliphatic heterocycles. The zero-order valence-corrected chi connectivity index (χ0v) is 11.7. The summed E-state index contributed by atoms with van der Waals surface area (Å²) in [5.74, 6) is 0.0924. The lowest BCUT2D eigenvalue weighted by molar-refractivity contribution is -0.137. The van der Waals surface area contributed by atoms with E-state index in [9.17, 15) is 18.3 Å². The molecule has 0 radical (unpaired) electrons. The molecule has 3 rings (SSSR count). The van der Waals surface area contributed by atoms with Crippen molar-refractivity contribution >= 4 is 0 Å². The van der Waals surface area contributed by atoms with E-state index in [1.165, 1.54) is 12.1 Å². The fourth-order valence-corrected chi connectivity index (χ4v) is 2.05. The Balaban J connectivity index is 1.85. The van der Waals surface area contributed by atoms with E-state index in [1.807, 2.05) is 0 Å². The Labute approximate surface area is 129 Å². The van der Waals surface area contributed by atoms with Gasteiger partial charge in [-0.1, -0.05) is 35.5 Å². The highest BCUT2D eigenvalue weighted by molar-refractivity contribution is 5.53. The van der Waals surface area contributed by atoms with Crippen LogP contribution in [0.5, 0.6) is 0 Å². The van der Waals surface area contributed by atoms with Gasteiger partial charge in [-0.25, -0.2) is 0 Å². The standard InChI is InChI=1S/C16H11F3N2O2/c17-16(18,19)12-8-6-11(7-9-12)15-20-14(21-23-15)13(22)10-4-2-1-3-5-10/h1-9,13,22H. The molecule has 0 amide bonds. The second kappa shape index (κ2) is 5.85. The second-order valence-corrected chi connectivity index (χ2v) is 4.85. The van der Waals surface area contributed by atoms with Gasteiger partial charge in [-0.05, 0) is 29.8 Å². The molecule has 23 heavy (non-hydrogen) atoms. The first-order valence-electron chi connectivity index (χ1n) is 6.69. The number of benzene rings is 2. The molecule has 3 aromatic rings. The average Bonchev–Trinajstić information content (AvgIpc) is 3.04. The number of halogens is 3. The van der Waals surface area contributed by atoms with Gasteiger partial charge in [0.1, 0.15) is 6.10 Å². The summed E-state index contributed by atoms with van der Waals surface area (Å²) in [5.41, 5.74) is 0.176. The third-order valence-corrected chi connectivity index (χ3v) is 3.26. The molecule has 0 saturated carbocycles. The SMILES string of the molecule is OC(c1ccccc1)c1noc(-c2ccc(C(F)(F)F)cc2)n1. The quantitative estimate of drug-likeness (QED) is 0.796. The molecule has 1 heterocycles. The minimum Gasteiger partial charge on any atom is -0.380 e. The molecule has 1 N–H and O–H groups in total. The number of alkyl halides is 3. The normalized spacial score (nSPS) is 13.0. The zero-order valence-electron chi connectivity index (χ0n) is 11.7. The van der Waals surface area contributed by atoms with Crippen LogP contribution in [-0.4, -0.2) is 15.2 Å². The topological polar surface area (TPSA) is 59.2 Å². The molecular weight excluding hydrogens is 309 g/mol. The van der Waals surface area contributed by atoms with Crippen molar-refractivity contribution in [1.82, 2.24) is 10.1 Å². The van der Waals surface area contributed by atoms with Crippen molar-refractivity contribution < 1.29 is 22.8 Å². The van der Waals surface area contributed by atoms with Crippen molar-refractivity contribution in [3.05, 3.63) is 71.5 Å². The van der Waals surface area contributed by atoms with Crippen LogP contribution in [0.15, 0.2) is 59.1 Å². The van der Waals surface area contributed by atoms with Crippen molar-refractivity contribution in [1.29, 1.82) is 0 Å². The van der Waals surface area contributed by atoms with E-state index < -0.39 is 17.8 Å². The highest BCUT2D eigenvalue weighted by atomic mass is 19.4. The van der Waals surface area contributed by atoms with Crippen LogP contribution in [0.4, 0.5) is 13.2 Å². The molecule has 2 aromatic carbocycles. The maximum atomic E-state index is 12.5. The molecule has 0 aliphatic rings. The number of aliphatic hydroxyl groups excluding tert-OH is 1. The maximum absolute atomic E-state index is 12.5. The predicted molar refractivity (Wildman–Crippen MR) is 75.2 cm³/mol. The predicted octanol–water partition coefficient (Wildman–Crippen LogP) is 3.84. The van der Waals surface area contributed by atoms with E-state index in [4.69, 9.17) is 4.52 Å². The minimum atomic E-state index is -4.40. The molecule has 1 atom stereocenters. The third-order valence-electron chi connectivity index (χ3n) is 3.26. The Morgan fingerprint density at radius 3 is 2.22 bits per heavy atom. The molecule has 1 unspecified atom stereocenters. The summed E-state index contributed by atoms with van der Waals surface area (Å²) in [6.45, 7) is 0. The molecule has 0 fully saturated rings. The molecule has 118 valence electrons. The highest BCUT2D eigenvalue weighted by Gasteiger charge is 2.30. The van der Waals surface area contributed by atoms with Crippen molar-refractivity contribution in [2.75, 3.05) is 0 Å². The van der Waals surface area contributed by atoms with Gasteiger partial charge in [0, 0.05) is 5.56 Å². The maximum Gasteiger partial charge on any atom is 0.416 e. The largest absolute Gasteiger partial charge is 0.416 e. The molecule has 7 heteroatoms. The van der Waals surface area contributed by atoms with Crippen LogP contribution < -0.4 is 0 Å². The fourth-order valence-electron chi connectivity index (χ4n) is 2.05. The summed E-state index contributed by atoms with van der Waals surface area (Å²) < 4.78 is 42.6. The summed E-state index contributed by atoms with van der Waals surface area (Å²) in [4.78, 5) is 4.04. The van der Waals surface area contributed by atoms with Crippen molar-refractivity contribution in [2.24, 2.45) is 0 Å². The number of hydrogen-bond donors (Lipinski definition) is 1. The average molecular weight is 320 g/mol. The summed E-state index contributed by atoms with van der Waals surface area (Å²) >= 11 is 0. The van der Waals surface area contributed by atoms with Gasteiger partial charge >= 0.3 is 6.18 Å². The molecule has 0 saturated heterocycles. The van der Waals surface area contributed by atoms with E-state index in [2.05, 4.69) is 10.1 Å². The summed E-state index contributed by atoms with van der Waals surface area (Å²) in [7, 11) is 0. The Bertz CT molecular complexity index is 783. The monoisotopic (exact) mass is 320 g/mol. The van der Waals surface area contributed by atoms with E-state index in [1.54, 1.807) is 30.3 Å². The van der Waals surface area contributed by atoms with Gasteiger partial charge in [-0.3, -0.25) is 0 Å². The van der Waals surface area contributed by atoms with Crippen molar-refractivity contribution in [2.45, 2.75) is 12.3 Å². The van der Waals surface area contributed by atoms with Crippen LogP contribution in [-0.2, 0) is 6.18 Å². The number of aliphatic hydroxyl groups is 1. The van der Waals surface area contributed by atoms with Gasteiger partial charge in [0.2, 0.25) is 5.82 Å². The highest BCUT2D eigenvalue weighted by Crippen LogP contribution is 2.31. The molecule has 0 bridgehead atoms. The Morgan fingerprint density at radius 1 is 0.957 bits per heavy atom. The summed E-state index contributed by atoms with van der Waals surface area (Å²) in [6, 6.07) is 13.1. The number of hydrogen-bond acceptors (Lipinski definition) is 4. The second-order valence-electron chi connectivity index (χ2n) is 4.85. The van der Waals surface area contributed by atoms with Gasteiger partial charge in [0.05, 0.1) is 5.56 Å². The van der Waals surface area contributed by atoms with E-state index in [0.717, 1.165) is 12.1 Å². The van der Waals surface area contributed by atoms with Crippen LogP contribution >= 0.6 is 0 Å². The van der Waals surface area contributed by atoms with E-state index in [-0.39, 0.29) is 11.7 Å². The fraction of sp³-hybridized carbons (Fsp3) is 0.125. The Hall–Kier alpha value is -2.67. The lowest BCUT2D eigenvalue weighted by Gasteiger charge is -2.06. The number of nitrogens with zero attached hydrogens (tertiary/aromatic N) is 2. The third kappa shape index (κ3) is 3.24. The van der Waals surface area contributed by atoms with Gasteiger partial charge in [-0.2, -0.15) is 18.2 Å². The lowest BCUT2D eigenvalue weighted by atomic mass is 10.1. The molecule has 4 nitrogen and oxygen atoms in total. The van der Waals surface area contributed by atoms with Crippen LogP contribution in [0.25, 0.3) is 11.5 Å². The van der Waals surface area contributed by atoms with Crippen LogP contribution in [0, 0.1) is 0 Å². The van der Waals surface area contributed by atoms with E-state index >= 15 is 0 Å². The first-order valence-corrected chi connectivity index (χ1v) is 6.69. The van der Waals surface area contributed by atoms with Gasteiger partial charge in [0.15, 0.2) is 0 Å². The van der Waals surface area contributed by atoms with Crippen molar-refractivity contribution in [3.8, 4) is 11.5 Å². The van der Waals surface area contributed by atoms with Crippen LogP contribution in [0.3, 0.4) is 0 Å². The zero-order chi connectivity index (χ0) is 16.4. The first-order chi connectivity index (χ1) is 10.9. The minimum absolute atomic E-state index is 0.0451. The molecular formula is C16H11F3N2O2. The van der Waals surface area contributed by atoms with Crippen molar-refractivity contribution in [3.63, 3.8) is 0 Å². The number of rotatable bonds is 3. The van der Waals surface area contributed by atoms with Gasteiger partial charge in [0.25, 0.3) is 5.89 Å². The van der Waals surface area contributed by atoms with Gasteiger partial charge in [-0.15, -0.1) is 0 Å². The molecule has 1 aromatic heterocycles. The van der Waals surface area contributed by atoms with Crippen LogP contribution in [0.1, 0.15) is 23.1 Å². The molecule has 0 spiro atoms.